The molecule has 276 valence electrons. The Morgan fingerprint density at radius 3 is 1.49 bits per heavy atom. The highest BCUT2D eigenvalue weighted by molar-refractivity contribution is 6.11. The van der Waals surface area contributed by atoms with Gasteiger partial charge in [0, 0.05) is 27.6 Å². The van der Waals surface area contributed by atoms with Gasteiger partial charge in [-0.3, -0.25) is 0 Å². The Labute approximate surface area is 341 Å². The average molecular weight is 755 g/mol. The van der Waals surface area contributed by atoms with E-state index in [1.807, 2.05) is 42.5 Å². The molecule has 0 spiro atoms. The largest absolute Gasteiger partial charge is 0.435 e. The fourth-order valence-corrected chi connectivity index (χ4v) is 7.94. The Morgan fingerprint density at radius 1 is 0.288 bits per heavy atom. The highest BCUT2D eigenvalue weighted by Crippen LogP contribution is 2.38. The lowest BCUT2D eigenvalue weighted by Crippen LogP contribution is -2.00. The van der Waals surface area contributed by atoms with E-state index in [0.29, 0.717) is 23.4 Å². The minimum atomic E-state index is 0.598. The van der Waals surface area contributed by atoms with Gasteiger partial charge in [0.2, 0.25) is 5.89 Å². The summed E-state index contributed by atoms with van der Waals surface area (Å²) in [6, 6.07) is 71.3. The van der Waals surface area contributed by atoms with E-state index in [1.54, 1.807) is 0 Å². The van der Waals surface area contributed by atoms with E-state index < -0.39 is 0 Å². The molecule has 0 bridgehead atoms. The second-order valence-electron chi connectivity index (χ2n) is 14.7. The van der Waals surface area contributed by atoms with Crippen LogP contribution < -0.4 is 0 Å². The molecule has 0 aliphatic heterocycles. The van der Waals surface area contributed by atoms with Gasteiger partial charge in [0.25, 0.3) is 0 Å². The molecule has 0 saturated carbocycles. The standard InChI is InChI=1S/C54H34N4O/c1-3-12-35(13-4-1)42-19-9-21-45(33-42)52-56-51(57-53(58-52)46-22-10-20-43(34-46)44-29-24-36-14-7-8-17-41(36)32-44)39-27-25-37(26-28-39)47-23-11-18-38-30-31-48-50(49(38)47)59-54(55-48)40-15-5-2-6-16-40/h1-34H. The summed E-state index contributed by atoms with van der Waals surface area (Å²) < 4.78 is 6.49. The number of nitrogens with zero attached hydrogens (tertiary/aromatic N) is 4. The van der Waals surface area contributed by atoms with E-state index in [-0.39, 0.29) is 0 Å². The Bertz CT molecular complexity index is 3320. The first-order valence-electron chi connectivity index (χ1n) is 19.7. The lowest BCUT2D eigenvalue weighted by atomic mass is 9.96. The topological polar surface area (TPSA) is 64.7 Å². The number of hydrogen-bond acceptors (Lipinski definition) is 5. The molecule has 59 heavy (non-hydrogen) atoms. The second kappa shape index (κ2) is 14.5. The highest BCUT2D eigenvalue weighted by atomic mass is 16.3. The summed E-state index contributed by atoms with van der Waals surface area (Å²) in [5.41, 5.74) is 11.9. The maximum absolute atomic E-state index is 6.49. The fraction of sp³-hybridized carbons (Fsp3) is 0. The maximum Gasteiger partial charge on any atom is 0.227 e. The third kappa shape index (κ3) is 6.51. The van der Waals surface area contributed by atoms with Crippen molar-refractivity contribution in [1.82, 2.24) is 19.9 Å². The van der Waals surface area contributed by atoms with Crippen molar-refractivity contribution in [3.63, 3.8) is 0 Å². The van der Waals surface area contributed by atoms with Crippen LogP contribution in [0, 0.1) is 0 Å². The Balaban J connectivity index is 1.02. The predicted octanol–water partition coefficient (Wildman–Crippen LogP) is 14.0. The molecule has 11 aromatic rings. The van der Waals surface area contributed by atoms with Crippen LogP contribution in [0.15, 0.2) is 211 Å². The van der Waals surface area contributed by atoms with Crippen LogP contribution >= 0.6 is 0 Å². The number of fused-ring (bicyclic) bond motifs is 4. The molecule has 0 aliphatic carbocycles. The van der Waals surface area contributed by atoms with Crippen LogP contribution in [0.3, 0.4) is 0 Å². The van der Waals surface area contributed by atoms with E-state index in [1.165, 1.54) is 10.8 Å². The van der Waals surface area contributed by atoms with Crippen molar-refractivity contribution < 1.29 is 4.42 Å². The zero-order chi connectivity index (χ0) is 39.1. The molecule has 0 amide bonds. The van der Waals surface area contributed by atoms with Crippen LogP contribution in [0.4, 0.5) is 0 Å². The van der Waals surface area contributed by atoms with Gasteiger partial charge in [-0.15, -0.1) is 0 Å². The SMILES string of the molecule is c1ccc(-c2cccc(-c3nc(-c4ccc(-c5cccc6ccc7nc(-c8ccccc8)oc7c56)cc4)nc(-c4cccc(-c5ccc6ccccc6c5)c4)n3)c2)cc1. The number of rotatable bonds is 7. The molecule has 0 saturated heterocycles. The second-order valence-corrected chi connectivity index (χ2v) is 14.7. The molecule has 0 unspecified atom stereocenters. The summed E-state index contributed by atoms with van der Waals surface area (Å²) in [5.74, 6) is 2.43. The molecule has 0 N–H and O–H groups in total. The zero-order valence-electron chi connectivity index (χ0n) is 31.8. The summed E-state index contributed by atoms with van der Waals surface area (Å²) in [4.78, 5) is 20.3. The first-order valence-corrected chi connectivity index (χ1v) is 19.7. The Morgan fingerprint density at radius 2 is 0.780 bits per heavy atom. The molecule has 11 rings (SSSR count). The van der Waals surface area contributed by atoms with Gasteiger partial charge in [-0.25, -0.2) is 19.9 Å². The van der Waals surface area contributed by atoms with Crippen molar-refractivity contribution in [3.8, 4) is 79.0 Å². The highest BCUT2D eigenvalue weighted by Gasteiger charge is 2.17. The minimum Gasteiger partial charge on any atom is -0.435 e. The van der Waals surface area contributed by atoms with Crippen LogP contribution in [-0.4, -0.2) is 19.9 Å². The van der Waals surface area contributed by atoms with Gasteiger partial charge in [0.05, 0.1) is 0 Å². The maximum atomic E-state index is 6.49. The molecule has 0 radical (unpaired) electrons. The lowest BCUT2D eigenvalue weighted by Gasteiger charge is -2.12. The monoisotopic (exact) mass is 754 g/mol. The smallest absolute Gasteiger partial charge is 0.227 e. The fourth-order valence-electron chi connectivity index (χ4n) is 7.94. The summed E-state index contributed by atoms with van der Waals surface area (Å²) in [7, 11) is 0. The van der Waals surface area contributed by atoms with E-state index in [9.17, 15) is 0 Å². The van der Waals surface area contributed by atoms with Crippen molar-refractivity contribution in [2.75, 3.05) is 0 Å². The molecule has 0 atom stereocenters. The van der Waals surface area contributed by atoms with Crippen molar-refractivity contribution in [3.05, 3.63) is 206 Å². The van der Waals surface area contributed by atoms with Crippen molar-refractivity contribution in [2.24, 2.45) is 0 Å². The van der Waals surface area contributed by atoms with Crippen LogP contribution in [0.5, 0.6) is 0 Å². The van der Waals surface area contributed by atoms with Gasteiger partial charge in [0.1, 0.15) is 5.52 Å². The molecule has 5 heteroatoms. The number of aromatic nitrogens is 4. The molecule has 2 aromatic heterocycles. The van der Waals surface area contributed by atoms with Crippen LogP contribution in [0.1, 0.15) is 0 Å². The first kappa shape index (κ1) is 34.2. The zero-order valence-corrected chi connectivity index (χ0v) is 31.8. The van der Waals surface area contributed by atoms with Crippen molar-refractivity contribution >= 4 is 32.6 Å². The summed E-state index contributed by atoms with van der Waals surface area (Å²) >= 11 is 0. The Hall–Kier alpha value is -8.02. The average Bonchev–Trinajstić information content (AvgIpc) is 3.77. The van der Waals surface area contributed by atoms with E-state index in [2.05, 4.69) is 164 Å². The molecular formula is C54H34N4O. The van der Waals surface area contributed by atoms with Crippen LogP contribution in [0.25, 0.3) is 112 Å². The number of hydrogen-bond donors (Lipinski definition) is 0. The van der Waals surface area contributed by atoms with Gasteiger partial charge in [-0.05, 0) is 85.9 Å². The van der Waals surface area contributed by atoms with Crippen molar-refractivity contribution in [2.45, 2.75) is 0 Å². The molecule has 5 nitrogen and oxygen atoms in total. The minimum absolute atomic E-state index is 0.598. The van der Waals surface area contributed by atoms with E-state index in [4.69, 9.17) is 24.4 Å². The van der Waals surface area contributed by atoms with Crippen molar-refractivity contribution in [1.29, 1.82) is 0 Å². The number of oxazole rings is 1. The third-order valence-electron chi connectivity index (χ3n) is 10.9. The van der Waals surface area contributed by atoms with E-state index >= 15 is 0 Å². The van der Waals surface area contributed by atoms with Crippen LogP contribution in [0.2, 0.25) is 0 Å². The molecule has 9 aromatic carbocycles. The summed E-state index contributed by atoms with van der Waals surface area (Å²) in [6.45, 7) is 0. The molecule has 0 fully saturated rings. The quantitative estimate of drug-likeness (QED) is 0.162. The van der Waals surface area contributed by atoms with E-state index in [0.717, 1.165) is 77.5 Å². The lowest BCUT2D eigenvalue weighted by molar-refractivity contribution is 0.623. The number of benzene rings is 9. The third-order valence-corrected chi connectivity index (χ3v) is 10.9. The van der Waals surface area contributed by atoms with Gasteiger partial charge >= 0.3 is 0 Å². The normalized spacial score (nSPS) is 11.4. The molecule has 2 heterocycles. The molecule has 0 aliphatic rings. The van der Waals surface area contributed by atoms with Crippen LogP contribution in [-0.2, 0) is 0 Å². The van der Waals surface area contributed by atoms with Gasteiger partial charge < -0.3 is 4.42 Å². The Kier molecular flexibility index (Phi) is 8.41. The summed E-state index contributed by atoms with van der Waals surface area (Å²) in [5, 5.41) is 4.53. The van der Waals surface area contributed by atoms with Gasteiger partial charge in [-0.1, -0.05) is 170 Å². The summed E-state index contributed by atoms with van der Waals surface area (Å²) in [6.07, 6.45) is 0. The van der Waals surface area contributed by atoms with Gasteiger partial charge in [0.15, 0.2) is 23.1 Å². The predicted molar refractivity (Wildman–Crippen MR) is 240 cm³/mol. The first-order chi connectivity index (χ1) is 29.2. The molecular weight excluding hydrogens is 721 g/mol. The van der Waals surface area contributed by atoms with Gasteiger partial charge in [-0.2, -0.15) is 0 Å².